The first-order valence-electron chi connectivity index (χ1n) is 8.16. The van der Waals surface area contributed by atoms with Crippen molar-refractivity contribution in [3.63, 3.8) is 0 Å². The third-order valence-electron chi connectivity index (χ3n) is 3.76. The van der Waals surface area contributed by atoms with Gasteiger partial charge in [0.25, 0.3) is 11.8 Å². The second-order valence-electron chi connectivity index (χ2n) is 5.90. The lowest BCUT2D eigenvalue weighted by Crippen LogP contribution is -2.26. The summed E-state index contributed by atoms with van der Waals surface area (Å²) in [6.07, 6.45) is 0. The van der Waals surface area contributed by atoms with E-state index in [1.165, 1.54) is 19.2 Å². The van der Waals surface area contributed by atoms with Crippen LogP contribution in [0.3, 0.4) is 0 Å². The SMILES string of the molecule is CNC(=O)COc1cc(C(=N)N)ccc1CNC(=O)c1cc(C)cc(F)c1. The molecule has 0 saturated carbocycles. The average molecular weight is 372 g/mol. The fourth-order valence-corrected chi connectivity index (χ4v) is 2.36. The lowest BCUT2D eigenvalue weighted by Gasteiger charge is -2.13. The van der Waals surface area contributed by atoms with Crippen molar-refractivity contribution in [1.29, 1.82) is 5.41 Å². The van der Waals surface area contributed by atoms with Gasteiger partial charge in [-0.1, -0.05) is 12.1 Å². The number of nitrogens with two attached hydrogens (primary N) is 1. The summed E-state index contributed by atoms with van der Waals surface area (Å²) in [5.41, 5.74) is 7.35. The molecule has 27 heavy (non-hydrogen) atoms. The summed E-state index contributed by atoms with van der Waals surface area (Å²) in [6.45, 7) is 1.57. The van der Waals surface area contributed by atoms with Gasteiger partial charge in [0.2, 0.25) is 0 Å². The van der Waals surface area contributed by atoms with E-state index in [4.69, 9.17) is 15.9 Å². The molecule has 2 aromatic rings. The Hall–Kier alpha value is -3.42. The molecule has 0 bridgehead atoms. The van der Waals surface area contributed by atoms with Gasteiger partial charge >= 0.3 is 0 Å². The monoisotopic (exact) mass is 372 g/mol. The molecular weight excluding hydrogens is 351 g/mol. The number of carbonyl (C=O) groups is 2. The van der Waals surface area contributed by atoms with Crippen molar-refractivity contribution in [3.8, 4) is 5.75 Å². The number of nitrogen functional groups attached to an aromatic ring is 1. The Kier molecular flexibility index (Phi) is 6.48. The molecular formula is C19H21FN4O3. The van der Waals surface area contributed by atoms with Crippen LogP contribution in [0.2, 0.25) is 0 Å². The number of nitrogens with one attached hydrogen (secondary N) is 3. The summed E-state index contributed by atoms with van der Waals surface area (Å²) in [5, 5.41) is 12.6. The van der Waals surface area contributed by atoms with Crippen LogP contribution in [0.1, 0.15) is 27.0 Å². The molecule has 0 aliphatic heterocycles. The summed E-state index contributed by atoms with van der Waals surface area (Å²) < 4.78 is 19.0. The van der Waals surface area contributed by atoms with Gasteiger partial charge in [-0.2, -0.15) is 0 Å². The maximum atomic E-state index is 13.5. The third kappa shape index (κ3) is 5.53. The van der Waals surface area contributed by atoms with E-state index < -0.39 is 11.7 Å². The van der Waals surface area contributed by atoms with E-state index in [1.54, 1.807) is 25.1 Å². The molecule has 2 aromatic carbocycles. The first-order chi connectivity index (χ1) is 12.8. The van der Waals surface area contributed by atoms with Crippen molar-refractivity contribution < 1.29 is 18.7 Å². The predicted molar refractivity (Wildman–Crippen MR) is 99.3 cm³/mol. The Morgan fingerprint density at radius 2 is 1.93 bits per heavy atom. The highest BCUT2D eigenvalue weighted by molar-refractivity contribution is 5.96. The minimum atomic E-state index is -0.486. The molecule has 5 N–H and O–H groups in total. The fraction of sp³-hybridized carbons (Fsp3) is 0.211. The zero-order valence-corrected chi connectivity index (χ0v) is 15.1. The highest BCUT2D eigenvalue weighted by Gasteiger charge is 2.12. The first-order valence-corrected chi connectivity index (χ1v) is 8.16. The van der Waals surface area contributed by atoms with Crippen molar-refractivity contribution in [2.45, 2.75) is 13.5 Å². The van der Waals surface area contributed by atoms with Gasteiger partial charge in [-0.25, -0.2) is 4.39 Å². The zero-order chi connectivity index (χ0) is 20.0. The number of rotatable bonds is 7. The quantitative estimate of drug-likeness (QED) is 0.435. The molecule has 2 rings (SSSR count). The highest BCUT2D eigenvalue weighted by Crippen LogP contribution is 2.21. The van der Waals surface area contributed by atoms with Gasteiger partial charge in [0.05, 0.1) is 0 Å². The molecule has 0 radical (unpaired) electrons. The van der Waals surface area contributed by atoms with E-state index >= 15 is 0 Å². The van der Waals surface area contributed by atoms with E-state index in [-0.39, 0.29) is 30.5 Å². The van der Waals surface area contributed by atoms with E-state index in [0.29, 0.717) is 22.4 Å². The molecule has 8 heteroatoms. The van der Waals surface area contributed by atoms with Gasteiger partial charge in [0, 0.05) is 30.3 Å². The first kappa shape index (κ1) is 19.9. The molecule has 0 aliphatic rings. The number of amidine groups is 1. The second kappa shape index (κ2) is 8.79. The standard InChI is InChI=1S/C19H21FN4O3/c1-11-5-14(7-15(20)6-11)19(26)24-9-13-4-3-12(18(21)22)8-16(13)27-10-17(25)23-2/h3-8H,9-10H2,1-2H3,(H3,21,22)(H,23,25)(H,24,26). The van der Waals surface area contributed by atoms with E-state index in [1.807, 2.05) is 0 Å². The summed E-state index contributed by atoms with van der Waals surface area (Å²) in [5.74, 6) is -1.08. The molecule has 0 aromatic heterocycles. The van der Waals surface area contributed by atoms with Gasteiger partial charge in [-0.05, 0) is 36.8 Å². The number of halogens is 1. The van der Waals surface area contributed by atoms with Gasteiger partial charge < -0.3 is 21.1 Å². The minimum absolute atomic E-state index is 0.0929. The van der Waals surface area contributed by atoms with Gasteiger partial charge in [0.15, 0.2) is 6.61 Å². The normalized spacial score (nSPS) is 10.2. The fourth-order valence-electron chi connectivity index (χ4n) is 2.36. The minimum Gasteiger partial charge on any atom is -0.483 e. The largest absolute Gasteiger partial charge is 0.483 e. The number of carbonyl (C=O) groups excluding carboxylic acids is 2. The molecule has 0 saturated heterocycles. The highest BCUT2D eigenvalue weighted by atomic mass is 19.1. The molecule has 2 amide bonds. The zero-order valence-electron chi connectivity index (χ0n) is 15.1. The Morgan fingerprint density at radius 3 is 2.56 bits per heavy atom. The van der Waals surface area contributed by atoms with Crippen LogP contribution < -0.4 is 21.1 Å². The van der Waals surface area contributed by atoms with Crippen molar-refractivity contribution in [3.05, 3.63) is 64.5 Å². The molecule has 0 unspecified atom stereocenters. The lowest BCUT2D eigenvalue weighted by atomic mass is 10.1. The van der Waals surface area contributed by atoms with Crippen LogP contribution in [0.4, 0.5) is 4.39 Å². The molecule has 0 aliphatic carbocycles. The molecule has 0 spiro atoms. The molecule has 0 atom stereocenters. The van der Waals surface area contributed by atoms with Crippen molar-refractivity contribution in [1.82, 2.24) is 10.6 Å². The van der Waals surface area contributed by atoms with Crippen LogP contribution >= 0.6 is 0 Å². The van der Waals surface area contributed by atoms with E-state index in [2.05, 4.69) is 10.6 Å². The Balaban J connectivity index is 2.17. The third-order valence-corrected chi connectivity index (χ3v) is 3.76. The van der Waals surface area contributed by atoms with Crippen molar-refractivity contribution in [2.75, 3.05) is 13.7 Å². The van der Waals surface area contributed by atoms with Crippen molar-refractivity contribution in [2.24, 2.45) is 5.73 Å². The summed E-state index contributed by atoms with van der Waals surface area (Å²) >= 11 is 0. The van der Waals surface area contributed by atoms with Crippen LogP contribution in [0.25, 0.3) is 0 Å². The second-order valence-corrected chi connectivity index (χ2v) is 5.90. The number of hydrogen-bond donors (Lipinski definition) is 4. The van der Waals surface area contributed by atoms with Gasteiger partial charge in [-0.15, -0.1) is 0 Å². The Morgan fingerprint density at radius 1 is 1.19 bits per heavy atom. The smallest absolute Gasteiger partial charge is 0.257 e. The Labute approximate surface area is 156 Å². The molecule has 142 valence electrons. The van der Waals surface area contributed by atoms with Crippen LogP contribution in [0.15, 0.2) is 36.4 Å². The van der Waals surface area contributed by atoms with Crippen LogP contribution in [0, 0.1) is 18.2 Å². The van der Waals surface area contributed by atoms with Crippen LogP contribution in [0.5, 0.6) is 5.75 Å². The van der Waals surface area contributed by atoms with Gasteiger partial charge in [-0.3, -0.25) is 15.0 Å². The number of amides is 2. The summed E-state index contributed by atoms with van der Waals surface area (Å²) in [7, 11) is 1.49. The summed E-state index contributed by atoms with van der Waals surface area (Å²) in [6, 6.07) is 8.86. The topological polar surface area (TPSA) is 117 Å². The number of aryl methyl sites for hydroxylation is 1. The molecule has 0 fully saturated rings. The molecule has 7 nitrogen and oxygen atoms in total. The van der Waals surface area contributed by atoms with Gasteiger partial charge in [0.1, 0.15) is 17.4 Å². The van der Waals surface area contributed by atoms with E-state index in [9.17, 15) is 14.0 Å². The summed E-state index contributed by atoms with van der Waals surface area (Å²) in [4.78, 5) is 23.7. The average Bonchev–Trinajstić information content (AvgIpc) is 2.63. The van der Waals surface area contributed by atoms with Crippen LogP contribution in [-0.2, 0) is 11.3 Å². The maximum Gasteiger partial charge on any atom is 0.257 e. The number of likely N-dealkylation sites (N-methyl/N-ethyl adjacent to an activating group) is 1. The maximum absolute atomic E-state index is 13.5. The number of ether oxygens (including phenoxy) is 1. The Bertz CT molecular complexity index is 863. The van der Waals surface area contributed by atoms with E-state index in [0.717, 1.165) is 6.07 Å². The lowest BCUT2D eigenvalue weighted by molar-refractivity contribution is -0.122. The predicted octanol–water partition coefficient (Wildman–Crippen LogP) is 1.47. The number of benzene rings is 2. The van der Waals surface area contributed by atoms with Crippen molar-refractivity contribution >= 4 is 17.6 Å². The van der Waals surface area contributed by atoms with Crippen LogP contribution in [-0.4, -0.2) is 31.3 Å². The number of hydrogen-bond acceptors (Lipinski definition) is 4. The molecule has 0 heterocycles.